The van der Waals surface area contributed by atoms with Crippen molar-refractivity contribution in [2.24, 2.45) is 0 Å². The molecule has 0 nitrogen and oxygen atoms in total. The molecule has 10 aromatic carbocycles. The first kappa shape index (κ1) is 40.7. The maximum Gasteiger partial charge on any atom is 0.0158 e. The van der Waals surface area contributed by atoms with Crippen LogP contribution in [0.25, 0.3) is 99.1 Å². The molecule has 0 unspecified atom stereocenters. The van der Waals surface area contributed by atoms with Crippen LogP contribution in [0.3, 0.4) is 0 Å². The molecule has 0 aliphatic heterocycles. The standard InChI is InChI=1S/C66H58/c1-63(2,3)59-37-51(40-24-22-39(23-25-40)42-26-32-57-53(35-42)45-18-11-13-20-55(45)65(57,7)8)47-28-30-50-60(64(4,5)6)38-52(48-29-31-49(59)61(47)62(48)50)44-17-15-16-41(34-44)43-27-33-58-54(36-43)46-19-12-14-21-56(46)66(58,9)10/h11-38H,1-10H3. The predicted molar refractivity (Wildman–Crippen MR) is 284 cm³/mol. The highest BCUT2D eigenvalue weighted by Gasteiger charge is 2.36. The lowest BCUT2D eigenvalue weighted by Gasteiger charge is -2.28. The topological polar surface area (TPSA) is 0 Å². The summed E-state index contributed by atoms with van der Waals surface area (Å²) in [5, 5.41) is 8.08. The zero-order valence-corrected chi connectivity index (χ0v) is 40.2. The van der Waals surface area contributed by atoms with Gasteiger partial charge in [0.15, 0.2) is 0 Å². The summed E-state index contributed by atoms with van der Waals surface area (Å²) in [6.07, 6.45) is 0. The van der Waals surface area contributed by atoms with E-state index in [0.717, 1.165) is 0 Å². The fourth-order valence-corrected chi connectivity index (χ4v) is 12.2. The Morgan fingerprint density at radius 3 is 1.15 bits per heavy atom. The van der Waals surface area contributed by atoms with E-state index in [2.05, 4.69) is 239 Å². The summed E-state index contributed by atoms with van der Waals surface area (Å²) in [5.74, 6) is 0. The van der Waals surface area contributed by atoms with Gasteiger partial charge in [-0.15, -0.1) is 0 Å². The average Bonchev–Trinajstić information content (AvgIpc) is 3.68. The molecule has 0 aromatic heterocycles. The molecule has 0 heterocycles. The zero-order chi connectivity index (χ0) is 45.7. The van der Waals surface area contributed by atoms with Crippen molar-refractivity contribution in [2.45, 2.75) is 90.9 Å². The monoisotopic (exact) mass is 850 g/mol. The molecule has 10 aromatic rings. The molecule has 0 amide bonds. The lowest BCUT2D eigenvalue weighted by molar-refractivity contribution is 0.595. The lowest BCUT2D eigenvalue weighted by Crippen LogP contribution is -2.14. The Hall–Kier alpha value is -6.76. The van der Waals surface area contributed by atoms with Crippen molar-refractivity contribution in [1.29, 1.82) is 0 Å². The quantitative estimate of drug-likeness (QED) is 0.155. The van der Waals surface area contributed by atoms with Crippen LogP contribution in [0.4, 0.5) is 0 Å². The molecule has 0 heteroatoms. The van der Waals surface area contributed by atoms with Gasteiger partial charge >= 0.3 is 0 Å². The van der Waals surface area contributed by atoms with Crippen molar-refractivity contribution in [1.82, 2.24) is 0 Å². The molecule has 66 heavy (non-hydrogen) atoms. The molecular weight excluding hydrogens is 793 g/mol. The van der Waals surface area contributed by atoms with Crippen LogP contribution in [0, 0.1) is 0 Å². The number of benzene rings is 10. The Kier molecular flexibility index (Phi) is 8.57. The highest BCUT2D eigenvalue weighted by atomic mass is 14.4. The second-order valence-electron chi connectivity index (χ2n) is 22.5. The molecule has 2 aliphatic rings. The summed E-state index contributed by atoms with van der Waals surface area (Å²) in [6, 6.07) is 65.5. The molecule has 322 valence electrons. The first-order valence-electron chi connectivity index (χ1n) is 24.0. The molecule has 0 bridgehead atoms. The molecule has 0 radical (unpaired) electrons. The normalized spacial score (nSPS) is 14.8. The molecule has 0 spiro atoms. The Labute approximate surface area is 391 Å². The Morgan fingerprint density at radius 1 is 0.273 bits per heavy atom. The maximum atomic E-state index is 2.51. The number of hydrogen-bond acceptors (Lipinski definition) is 0. The van der Waals surface area contributed by atoms with Crippen LogP contribution in [0.5, 0.6) is 0 Å². The maximum absolute atomic E-state index is 2.51. The molecule has 0 saturated carbocycles. The average molecular weight is 851 g/mol. The fourth-order valence-electron chi connectivity index (χ4n) is 12.2. The van der Waals surface area contributed by atoms with Gasteiger partial charge < -0.3 is 0 Å². The van der Waals surface area contributed by atoms with Gasteiger partial charge in [0.05, 0.1) is 0 Å². The molecule has 0 fully saturated rings. The third-order valence-corrected chi connectivity index (χ3v) is 15.7. The van der Waals surface area contributed by atoms with E-state index in [1.165, 1.54) is 132 Å². The van der Waals surface area contributed by atoms with Crippen molar-refractivity contribution in [2.75, 3.05) is 0 Å². The Bertz CT molecular complexity index is 3630. The van der Waals surface area contributed by atoms with Crippen LogP contribution in [0.15, 0.2) is 170 Å². The minimum absolute atomic E-state index is 0.000609. The van der Waals surface area contributed by atoms with E-state index in [0.29, 0.717) is 0 Å². The molecular formula is C66H58. The van der Waals surface area contributed by atoms with Gasteiger partial charge in [0.2, 0.25) is 0 Å². The number of hydrogen-bond donors (Lipinski definition) is 0. The summed E-state index contributed by atoms with van der Waals surface area (Å²) >= 11 is 0. The van der Waals surface area contributed by atoms with E-state index < -0.39 is 0 Å². The van der Waals surface area contributed by atoms with E-state index >= 15 is 0 Å². The van der Waals surface area contributed by atoms with Gasteiger partial charge in [-0.1, -0.05) is 209 Å². The smallest absolute Gasteiger partial charge is 0.0158 e. The van der Waals surface area contributed by atoms with Crippen LogP contribution in [-0.4, -0.2) is 0 Å². The Balaban J connectivity index is 1.02. The van der Waals surface area contributed by atoms with Crippen LogP contribution in [-0.2, 0) is 21.7 Å². The fraction of sp³-hybridized carbons (Fsp3) is 0.212. The SMILES string of the molecule is CC(C)(C)c1cc(-c2ccc(-c3ccc4c(c3)-c3ccccc3C4(C)C)cc2)c2ccc3c(C(C)(C)C)cc(-c4cccc(-c5ccc6c(c5)-c5ccccc5C6(C)C)c4)c4ccc1c2c43. The lowest BCUT2D eigenvalue weighted by atomic mass is 9.75. The van der Waals surface area contributed by atoms with Gasteiger partial charge in [0.25, 0.3) is 0 Å². The second-order valence-corrected chi connectivity index (χ2v) is 22.5. The molecule has 0 saturated heterocycles. The zero-order valence-electron chi connectivity index (χ0n) is 40.2. The molecule has 0 atom stereocenters. The van der Waals surface area contributed by atoms with Gasteiger partial charge in [-0.05, 0) is 174 Å². The van der Waals surface area contributed by atoms with E-state index in [-0.39, 0.29) is 21.7 Å². The summed E-state index contributed by atoms with van der Waals surface area (Å²) in [5.41, 5.74) is 23.8. The second kappa shape index (κ2) is 13.9. The van der Waals surface area contributed by atoms with Gasteiger partial charge in [0.1, 0.15) is 0 Å². The van der Waals surface area contributed by atoms with Gasteiger partial charge in [-0.2, -0.15) is 0 Å². The number of fused-ring (bicyclic) bond motifs is 6. The molecule has 12 rings (SSSR count). The predicted octanol–water partition coefficient (Wildman–Crippen LogP) is 18.5. The van der Waals surface area contributed by atoms with Crippen molar-refractivity contribution >= 4 is 32.3 Å². The third-order valence-electron chi connectivity index (χ3n) is 15.7. The van der Waals surface area contributed by atoms with Crippen molar-refractivity contribution in [3.63, 3.8) is 0 Å². The van der Waals surface area contributed by atoms with E-state index in [4.69, 9.17) is 0 Å². The van der Waals surface area contributed by atoms with Gasteiger partial charge in [0, 0.05) is 10.8 Å². The van der Waals surface area contributed by atoms with Crippen LogP contribution < -0.4 is 0 Å². The van der Waals surface area contributed by atoms with E-state index in [1.807, 2.05) is 0 Å². The summed E-state index contributed by atoms with van der Waals surface area (Å²) < 4.78 is 0. The van der Waals surface area contributed by atoms with Crippen molar-refractivity contribution < 1.29 is 0 Å². The van der Waals surface area contributed by atoms with Gasteiger partial charge in [-0.25, -0.2) is 0 Å². The highest BCUT2D eigenvalue weighted by molar-refractivity contribution is 6.29. The minimum atomic E-state index is -0.0737. The van der Waals surface area contributed by atoms with Crippen molar-refractivity contribution in [3.05, 3.63) is 203 Å². The van der Waals surface area contributed by atoms with E-state index in [9.17, 15) is 0 Å². The largest absolute Gasteiger partial charge is 0.0619 e. The third kappa shape index (κ3) is 5.90. The van der Waals surface area contributed by atoms with Crippen LogP contribution in [0.1, 0.15) is 103 Å². The van der Waals surface area contributed by atoms with Crippen LogP contribution >= 0.6 is 0 Å². The first-order chi connectivity index (χ1) is 31.5. The summed E-state index contributed by atoms with van der Waals surface area (Å²) in [7, 11) is 0. The molecule has 2 aliphatic carbocycles. The minimum Gasteiger partial charge on any atom is -0.0619 e. The Morgan fingerprint density at radius 2 is 0.652 bits per heavy atom. The van der Waals surface area contributed by atoms with Gasteiger partial charge in [-0.3, -0.25) is 0 Å². The first-order valence-corrected chi connectivity index (χ1v) is 24.0. The van der Waals surface area contributed by atoms with Crippen LogP contribution in [0.2, 0.25) is 0 Å². The number of rotatable bonds is 4. The van der Waals surface area contributed by atoms with E-state index in [1.54, 1.807) is 0 Å². The van der Waals surface area contributed by atoms with Crippen molar-refractivity contribution in [3.8, 4) is 66.8 Å². The summed E-state index contributed by atoms with van der Waals surface area (Å²) in [4.78, 5) is 0. The molecule has 0 N–H and O–H groups in total. The highest BCUT2D eigenvalue weighted by Crippen LogP contribution is 2.53. The summed E-state index contributed by atoms with van der Waals surface area (Å²) in [6.45, 7) is 23.7.